The van der Waals surface area contributed by atoms with Crippen molar-refractivity contribution < 1.29 is 27.0 Å². The van der Waals surface area contributed by atoms with Gasteiger partial charge in [-0.15, -0.1) is 0 Å². The minimum atomic E-state index is -4.91. The highest BCUT2D eigenvalue weighted by Crippen LogP contribution is 2.42. The fourth-order valence-electron chi connectivity index (χ4n) is 5.34. The molecule has 0 heterocycles. The average Bonchev–Trinajstić information content (AvgIpc) is 2.77. The summed E-state index contributed by atoms with van der Waals surface area (Å²) in [6.07, 6.45) is 5.05. The molecule has 0 amide bonds. The lowest BCUT2D eigenvalue weighted by Gasteiger charge is -2.37. The second-order valence-electron chi connectivity index (χ2n) is 9.43. The van der Waals surface area contributed by atoms with Crippen molar-refractivity contribution in [3.8, 4) is 11.5 Å². The zero-order chi connectivity index (χ0) is 22.3. The van der Waals surface area contributed by atoms with E-state index in [1.165, 1.54) is 57.4 Å². The number of benzene rings is 1. The SMILES string of the molecule is CCCC1CCC(C2CCC(COc3ccccc3OCC(F)C(F)(F)F)CC2)CC1. The topological polar surface area (TPSA) is 18.5 Å². The molecule has 0 N–H and O–H groups in total. The highest BCUT2D eigenvalue weighted by molar-refractivity contribution is 5.39. The third-order valence-corrected chi connectivity index (χ3v) is 7.21. The zero-order valence-electron chi connectivity index (χ0n) is 18.5. The van der Waals surface area contributed by atoms with Crippen molar-refractivity contribution in [1.82, 2.24) is 0 Å². The van der Waals surface area contributed by atoms with Crippen molar-refractivity contribution in [3.05, 3.63) is 24.3 Å². The molecule has 3 rings (SSSR count). The first-order chi connectivity index (χ1) is 14.9. The Morgan fingerprint density at radius 2 is 1.35 bits per heavy atom. The molecule has 2 nitrogen and oxygen atoms in total. The van der Waals surface area contributed by atoms with Gasteiger partial charge in [-0.05, 0) is 74.3 Å². The average molecular weight is 445 g/mol. The van der Waals surface area contributed by atoms with Gasteiger partial charge in [-0.3, -0.25) is 0 Å². The second-order valence-corrected chi connectivity index (χ2v) is 9.43. The number of alkyl halides is 4. The molecule has 6 heteroatoms. The van der Waals surface area contributed by atoms with E-state index < -0.39 is 19.0 Å². The molecule has 1 unspecified atom stereocenters. The number of para-hydroxylation sites is 2. The maximum atomic E-state index is 13.2. The van der Waals surface area contributed by atoms with Crippen molar-refractivity contribution in [3.63, 3.8) is 0 Å². The van der Waals surface area contributed by atoms with Crippen LogP contribution in [-0.2, 0) is 0 Å². The van der Waals surface area contributed by atoms with Crippen LogP contribution in [0.2, 0.25) is 0 Å². The van der Waals surface area contributed by atoms with E-state index >= 15 is 0 Å². The molecule has 0 aliphatic heterocycles. The Balaban J connectivity index is 1.41. The number of ether oxygens (including phenoxy) is 2. The van der Waals surface area contributed by atoms with E-state index in [-0.39, 0.29) is 5.75 Å². The highest BCUT2D eigenvalue weighted by Gasteiger charge is 2.40. The molecule has 1 aromatic carbocycles. The Kier molecular flexibility index (Phi) is 8.91. The van der Waals surface area contributed by atoms with Gasteiger partial charge in [-0.2, -0.15) is 13.2 Å². The maximum Gasteiger partial charge on any atom is 0.423 e. The lowest BCUT2D eigenvalue weighted by atomic mass is 9.69. The largest absolute Gasteiger partial charge is 0.489 e. The van der Waals surface area contributed by atoms with Gasteiger partial charge in [0.15, 0.2) is 11.5 Å². The molecule has 176 valence electrons. The second kappa shape index (κ2) is 11.4. The third kappa shape index (κ3) is 7.28. The molecule has 0 saturated heterocycles. The van der Waals surface area contributed by atoms with Crippen LogP contribution < -0.4 is 9.47 Å². The molecule has 31 heavy (non-hydrogen) atoms. The molecule has 0 radical (unpaired) electrons. The minimum absolute atomic E-state index is 0.159. The van der Waals surface area contributed by atoms with Gasteiger partial charge in [-0.1, -0.05) is 44.7 Å². The Hall–Kier alpha value is -1.46. The van der Waals surface area contributed by atoms with Crippen LogP contribution in [0.4, 0.5) is 17.6 Å². The summed E-state index contributed by atoms with van der Waals surface area (Å²) in [5.41, 5.74) is 0. The van der Waals surface area contributed by atoms with Gasteiger partial charge < -0.3 is 9.47 Å². The molecule has 1 atom stereocenters. The normalized spacial score (nSPS) is 28.2. The van der Waals surface area contributed by atoms with Crippen molar-refractivity contribution >= 4 is 0 Å². The molecule has 2 fully saturated rings. The van der Waals surface area contributed by atoms with E-state index in [4.69, 9.17) is 9.47 Å². The van der Waals surface area contributed by atoms with Gasteiger partial charge in [0.05, 0.1) is 6.61 Å². The van der Waals surface area contributed by atoms with Crippen LogP contribution in [0.1, 0.15) is 71.1 Å². The molecular weight excluding hydrogens is 408 g/mol. The van der Waals surface area contributed by atoms with Crippen molar-refractivity contribution in [2.24, 2.45) is 23.7 Å². The Morgan fingerprint density at radius 1 is 0.839 bits per heavy atom. The lowest BCUT2D eigenvalue weighted by molar-refractivity contribution is -0.187. The van der Waals surface area contributed by atoms with E-state index in [0.717, 1.165) is 30.6 Å². The summed E-state index contributed by atoms with van der Waals surface area (Å²) in [7, 11) is 0. The Morgan fingerprint density at radius 3 is 1.87 bits per heavy atom. The van der Waals surface area contributed by atoms with Crippen LogP contribution in [0.15, 0.2) is 24.3 Å². The Labute approximate surface area is 183 Å². The predicted molar refractivity (Wildman–Crippen MR) is 114 cm³/mol. The summed E-state index contributed by atoms with van der Waals surface area (Å²) in [4.78, 5) is 0. The van der Waals surface area contributed by atoms with E-state index in [2.05, 4.69) is 6.92 Å². The fourth-order valence-corrected chi connectivity index (χ4v) is 5.34. The fraction of sp³-hybridized carbons (Fsp3) is 0.760. The summed E-state index contributed by atoms with van der Waals surface area (Å²) in [6, 6.07) is 6.56. The molecule has 2 aliphatic carbocycles. The molecule has 1 aromatic rings. The first-order valence-electron chi connectivity index (χ1n) is 11.9. The van der Waals surface area contributed by atoms with Crippen LogP contribution >= 0.6 is 0 Å². The number of hydrogen-bond acceptors (Lipinski definition) is 2. The maximum absolute atomic E-state index is 13.2. The lowest BCUT2D eigenvalue weighted by Crippen LogP contribution is -2.30. The van der Waals surface area contributed by atoms with Crippen LogP contribution in [0.3, 0.4) is 0 Å². The summed E-state index contributed by atoms with van der Waals surface area (Å²) in [5, 5.41) is 0. The first kappa shape index (κ1) is 24.2. The van der Waals surface area contributed by atoms with Crippen molar-refractivity contribution in [2.75, 3.05) is 13.2 Å². The molecule has 0 spiro atoms. The standard InChI is InChI=1S/C25H36F4O2/c1-2-5-18-8-12-20(13-9-18)21-14-10-19(11-15-21)16-30-22-6-3-4-7-23(22)31-17-24(26)25(27,28)29/h3-4,6-7,18-21,24H,2,5,8-17H2,1H3. The minimum Gasteiger partial charge on any atom is -0.489 e. The molecule has 2 saturated carbocycles. The number of rotatable bonds is 9. The summed E-state index contributed by atoms with van der Waals surface area (Å²) < 4.78 is 61.2. The van der Waals surface area contributed by atoms with Gasteiger partial charge in [0, 0.05) is 0 Å². The molecular formula is C25H36F4O2. The quantitative estimate of drug-likeness (QED) is 0.362. The van der Waals surface area contributed by atoms with Crippen molar-refractivity contribution in [2.45, 2.75) is 83.5 Å². The van der Waals surface area contributed by atoms with Gasteiger partial charge in [-0.25, -0.2) is 4.39 Å². The van der Waals surface area contributed by atoms with E-state index in [9.17, 15) is 17.6 Å². The van der Waals surface area contributed by atoms with E-state index in [1.807, 2.05) is 0 Å². The first-order valence-corrected chi connectivity index (χ1v) is 11.9. The van der Waals surface area contributed by atoms with E-state index in [1.54, 1.807) is 18.2 Å². The molecule has 0 aromatic heterocycles. The third-order valence-electron chi connectivity index (χ3n) is 7.21. The zero-order valence-corrected chi connectivity index (χ0v) is 18.5. The van der Waals surface area contributed by atoms with Crippen LogP contribution in [0.25, 0.3) is 0 Å². The number of hydrogen-bond donors (Lipinski definition) is 0. The molecule has 0 bridgehead atoms. The van der Waals surface area contributed by atoms with Gasteiger partial charge in [0.1, 0.15) is 6.61 Å². The monoisotopic (exact) mass is 444 g/mol. The van der Waals surface area contributed by atoms with Crippen molar-refractivity contribution in [1.29, 1.82) is 0 Å². The predicted octanol–water partition coefficient (Wildman–Crippen LogP) is 7.76. The summed E-state index contributed by atoms with van der Waals surface area (Å²) >= 11 is 0. The summed E-state index contributed by atoms with van der Waals surface area (Å²) in [6.45, 7) is 1.74. The Bertz CT molecular complexity index is 647. The van der Waals surface area contributed by atoms with Crippen LogP contribution in [-0.4, -0.2) is 25.6 Å². The smallest absolute Gasteiger partial charge is 0.423 e. The summed E-state index contributed by atoms with van der Waals surface area (Å²) in [5.74, 6) is 3.65. The van der Waals surface area contributed by atoms with Gasteiger partial charge in [0.2, 0.25) is 6.17 Å². The van der Waals surface area contributed by atoms with Gasteiger partial charge >= 0.3 is 6.18 Å². The van der Waals surface area contributed by atoms with E-state index in [0.29, 0.717) is 18.3 Å². The highest BCUT2D eigenvalue weighted by atomic mass is 19.4. The van der Waals surface area contributed by atoms with Gasteiger partial charge in [0.25, 0.3) is 0 Å². The number of halogens is 4. The molecule has 2 aliphatic rings. The van der Waals surface area contributed by atoms with Crippen LogP contribution in [0, 0.1) is 23.7 Å². The van der Waals surface area contributed by atoms with Crippen LogP contribution in [0.5, 0.6) is 11.5 Å².